The smallest absolute Gasteiger partial charge is 0.317 e. The van der Waals surface area contributed by atoms with E-state index in [0.717, 1.165) is 35.5 Å². The highest BCUT2D eigenvalue weighted by atomic mass is 16.5. The molecule has 0 unspecified atom stereocenters. The third-order valence-corrected chi connectivity index (χ3v) is 5.27. The Hall–Kier alpha value is -2.69. The summed E-state index contributed by atoms with van der Waals surface area (Å²) in [5.74, 6) is 1.76. The SMILES string of the molecule is CCc1ccc(CN(C)C(=O)N[C@H](c2ccc3c(c2)OCCCO3)C(C)C)cc1. The quantitative estimate of drug-likeness (QED) is 0.752. The maximum Gasteiger partial charge on any atom is 0.317 e. The van der Waals surface area contributed by atoms with Crippen LogP contribution in [0.4, 0.5) is 4.79 Å². The molecule has 29 heavy (non-hydrogen) atoms. The van der Waals surface area contributed by atoms with E-state index >= 15 is 0 Å². The lowest BCUT2D eigenvalue weighted by molar-refractivity contribution is 0.198. The van der Waals surface area contributed by atoms with Gasteiger partial charge in [0.1, 0.15) is 0 Å². The predicted molar refractivity (Wildman–Crippen MR) is 115 cm³/mol. The highest BCUT2D eigenvalue weighted by Crippen LogP contribution is 2.34. The van der Waals surface area contributed by atoms with Crippen molar-refractivity contribution in [3.63, 3.8) is 0 Å². The summed E-state index contributed by atoms with van der Waals surface area (Å²) in [5, 5.41) is 3.19. The highest BCUT2D eigenvalue weighted by molar-refractivity contribution is 5.74. The number of aryl methyl sites for hydroxylation is 1. The lowest BCUT2D eigenvalue weighted by Crippen LogP contribution is -2.40. The van der Waals surface area contributed by atoms with Crippen LogP contribution in [0.2, 0.25) is 0 Å². The molecule has 1 aliphatic heterocycles. The van der Waals surface area contributed by atoms with E-state index in [4.69, 9.17) is 9.47 Å². The van der Waals surface area contributed by atoms with Gasteiger partial charge in [-0.15, -0.1) is 0 Å². The summed E-state index contributed by atoms with van der Waals surface area (Å²) in [5.41, 5.74) is 3.45. The lowest BCUT2D eigenvalue weighted by Gasteiger charge is -2.27. The average Bonchev–Trinajstić information content (AvgIpc) is 2.97. The van der Waals surface area contributed by atoms with Crippen LogP contribution in [-0.2, 0) is 13.0 Å². The molecule has 2 aromatic rings. The molecule has 0 aromatic heterocycles. The first-order chi connectivity index (χ1) is 14.0. The summed E-state index contributed by atoms with van der Waals surface area (Å²) in [6, 6.07) is 14.2. The fourth-order valence-corrected chi connectivity index (χ4v) is 3.48. The first kappa shape index (κ1) is 21.0. The van der Waals surface area contributed by atoms with Gasteiger partial charge >= 0.3 is 6.03 Å². The van der Waals surface area contributed by atoms with E-state index in [2.05, 4.69) is 50.4 Å². The highest BCUT2D eigenvalue weighted by Gasteiger charge is 2.22. The van der Waals surface area contributed by atoms with Gasteiger partial charge in [-0.2, -0.15) is 0 Å². The van der Waals surface area contributed by atoms with Gasteiger partial charge in [-0.3, -0.25) is 0 Å². The van der Waals surface area contributed by atoms with Gasteiger partial charge in [-0.1, -0.05) is 51.1 Å². The molecule has 0 radical (unpaired) electrons. The molecular weight excluding hydrogens is 364 g/mol. The van der Waals surface area contributed by atoms with E-state index in [1.165, 1.54) is 5.56 Å². The molecule has 0 bridgehead atoms. The number of hydrogen-bond donors (Lipinski definition) is 1. The van der Waals surface area contributed by atoms with Crippen LogP contribution in [0, 0.1) is 5.92 Å². The largest absolute Gasteiger partial charge is 0.490 e. The van der Waals surface area contributed by atoms with E-state index in [-0.39, 0.29) is 18.0 Å². The second kappa shape index (κ2) is 9.68. The zero-order valence-corrected chi connectivity index (χ0v) is 17.9. The number of nitrogens with zero attached hydrogens (tertiary/aromatic N) is 1. The van der Waals surface area contributed by atoms with E-state index in [0.29, 0.717) is 19.8 Å². The number of hydrogen-bond acceptors (Lipinski definition) is 3. The monoisotopic (exact) mass is 396 g/mol. The number of carbonyl (C=O) groups is 1. The van der Waals surface area contributed by atoms with Crippen LogP contribution in [0.1, 0.15) is 49.9 Å². The number of amides is 2. The Bertz CT molecular complexity index is 817. The summed E-state index contributed by atoms with van der Waals surface area (Å²) >= 11 is 0. The fraction of sp³-hybridized carbons (Fsp3) is 0.458. The summed E-state index contributed by atoms with van der Waals surface area (Å²) in [7, 11) is 1.83. The number of ether oxygens (including phenoxy) is 2. The third-order valence-electron chi connectivity index (χ3n) is 5.27. The van der Waals surface area contributed by atoms with Crippen LogP contribution in [0.25, 0.3) is 0 Å². The first-order valence-corrected chi connectivity index (χ1v) is 10.5. The topological polar surface area (TPSA) is 50.8 Å². The molecule has 0 saturated heterocycles. The Morgan fingerprint density at radius 1 is 1.03 bits per heavy atom. The minimum atomic E-state index is -0.107. The molecule has 0 saturated carbocycles. The van der Waals surface area contributed by atoms with Crippen LogP contribution in [0.3, 0.4) is 0 Å². The van der Waals surface area contributed by atoms with Gasteiger partial charge in [0.25, 0.3) is 0 Å². The maximum atomic E-state index is 12.9. The van der Waals surface area contributed by atoms with Crippen LogP contribution < -0.4 is 14.8 Å². The van der Waals surface area contributed by atoms with Gasteiger partial charge < -0.3 is 19.7 Å². The average molecular weight is 397 g/mol. The van der Waals surface area contributed by atoms with Gasteiger partial charge in [0.2, 0.25) is 0 Å². The normalized spacial score (nSPS) is 14.2. The molecule has 0 spiro atoms. The van der Waals surface area contributed by atoms with Crippen molar-refractivity contribution in [2.24, 2.45) is 5.92 Å². The number of carbonyl (C=O) groups excluding carboxylic acids is 1. The van der Waals surface area contributed by atoms with E-state index in [9.17, 15) is 4.79 Å². The molecule has 1 heterocycles. The minimum absolute atomic E-state index is 0.0876. The van der Waals surface area contributed by atoms with E-state index < -0.39 is 0 Å². The van der Waals surface area contributed by atoms with Crippen molar-refractivity contribution in [3.05, 3.63) is 59.2 Å². The van der Waals surface area contributed by atoms with Crippen molar-refractivity contribution >= 4 is 6.03 Å². The summed E-state index contributed by atoms with van der Waals surface area (Å²) in [6.07, 6.45) is 1.89. The van der Waals surface area contributed by atoms with E-state index in [1.54, 1.807) is 4.90 Å². The van der Waals surface area contributed by atoms with Crippen LogP contribution in [-0.4, -0.2) is 31.2 Å². The van der Waals surface area contributed by atoms with Crippen molar-refractivity contribution in [1.29, 1.82) is 0 Å². The molecule has 0 fully saturated rings. The number of fused-ring (bicyclic) bond motifs is 1. The molecule has 2 aromatic carbocycles. The van der Waals surface area contributed by atoms with Gasteiger partial charge in [-0.25, -0.2) is 4.79 Å². The van der Waals surface area contributed by atoms with Crippen molar-refractivity contribution in [3.8, 4) is 11.5 Å². The Labute approximate surface area is 174 Å². The Balaban J connectivity index is 1.69. The van der Waals surface area contributed by atoms with Crippen molar-refractivity contribution < 1.29 is 14.3 Å². The van der Waals surface area contributed by atoms with Crippen LogP contribution in [0.5, 0.6) is 11.5 Å². The molecule has 0 aliphatic carbocycles. The minimum Gasteiger partial charge on any atom is -0.490 e. The summed E-state index contributed by atoms with van der Waals surface area (Å²) in [4.78, 5) is 14.6. The summed E-state index contributed by atoms with van der Waals surface area (Å²) in [6.45, 7) is 8.24. The fourth-order valence-electron chi connectivity index (χ4n) is 3.48. The Morgan fingerprint density at radius 2 is 1.69 bits per heavy atom. The number of benzene rings is 2. The second-order valence-corrected chi connectivity index (χ2v) is 7.95. The van der Waals surface area contributed by atoms with Crippen molar-refractivity contribution in [1.82, 2.24) is 10.2 Å². The van der Waals surface area contributed by atoms with Gasteiger partial charge in [0.05, 0.1) is 19.3 Å². The molecule has 3 rings (SSSR count). The number of rotatable bonds is 6. The van der Waals surface area contributed by atoms with Crippen LogP contribution in [0.15, 0.2) is 42.5 Å². The first-order valence-electron chi connectivity index (χ1n) is 10.5. The summed E-state index contributed by atoms with van der Waals surface area (Å²) < 4.78 is 11.5. The van der Waals surface area contributed by atoms with Gasteiger partial charge in [0.15, 0.2) is 11.5 Å². The Kier molecular flexibility index (Phi) is 7.02. The molecule has 2 amide bonds. The number of nitrogens with one attached hydrogen (secondary N) is 1. The Morgan fingerprint density at radius 3 is 2.34 bits per heavy atom. The zero-order chi connectivity index (χ0) is 20.8. The molecule has 1 atom stereocenters. The van der Waals surface area contributed by atoms with Gasteiger partial charge in [0, 0.05) is 20.0 Å². The predicted octanol–water partition coefficient (Wildman–Crippen LogP) is 4.95. The second-order valence-electron chi connectivity index (χ2n) is 7.95. The van der Waals surface area contributed by atoms with Gasteiger partial charge in [-0.05, 0) is 41.2 Å². The molecule has 5 heteroatoms. The number of urea groups is 1. The standard InChI is InChI=1S/C24H32N2O3/c1-5-18-7-9-19(10-8-18)16-26(4)24(27)25-23(17(2)3)20-11-12-21-22(15-20)29-14-6-13-28-21/h7-12,15,17,23H,5-6,13-14,16H2,1-4H3,(H,25,27)/t23-/m0/s1. The van der Waals surface area contributed by atoms with Crippen LogP contribution >= 0.6 is 0 Å². The van der Waals surface area contributed by atoms with Crippen molar-refractivity contribution in [2.75, 3.05) is 20.3 Å². The van der Waals surface area contributed by atoms with Crippen molar-refractivity contribution in [2.45, 2.75) is 46.2 Å². The lowest BCUT2D eigenvalue weighted by atomic mass is 9.95. The third kappa shape index (κ3) is 5.43. The molecular formula is C24H32N2O3. The molecule has 1 aliphatic rings. The molecule has 1 N–H and O–H groups in total. The van der Waals surface area contributed by atoms with E-state index in [1.807, 2.05) is 25.2 Å². The molecule has 156 valence electrons. The zero-order valence-electron chi connectivity index (χ0n) is 17.9. The molecule has 5 nitrogen and oxygen atoms in total. The maximum absolute atomic E-state index is 12.9.